The van der Waals surface area contributed by atoms with Crippen LogP contribution in [-0.2, 0) is 10.2 Å². The van der Waals surface area contributed by atoms with Crippen molar-refractivity contribution in [2.24, 2.45) is 0 Å². The molecule has 6 heteroatoms. The Balaban J connectivity index is 2.01. The first-order valence-corrected chi connectivity index (χ1v) is 9.89. The summed E-state index contributed by atoms with van der Waals surface area (Å²) in [5.41, 5.74) is 2.07. The molecule has 0 radical (unpaired) electrons. The fraction of sp³-hybridized carbons (Fsp3) is 0.409. The van der Waals surface area contributed by atoms with Crippen LogP contribution in [0.1, 0.15) is 44.9 Å². The van der Waals surface area contributed by atoms with E-state index in [0.717, 1.165) is 10.0 Å². The molecule has 0 aliphatic rings. The monoisotopic (exact) mass is 449 g/mol. The molecule has 0 fully saturated rings. The van der Waals surface area contributed by atoms with Crippen LogP contribution >= 0.6 is 15.9 Å². The van der Waals surface area contributed by atoms with E-state index in [0.29, 0.717) is 17.2 Å². The Bertz CT molecular complexity index is 830. The van der Waals surface area contributed by atoms with Crippen molar-refractivity contribution in [3.63, 3.8) is 0 Å². The summed E-state index contributed by atoms with van der Waals surface area (Å²) in [7, 11) is 3.20. The third-order valence-corrected chi connectivity index (χ3v) is 5.06. The maximum absolute atomic E-state index is 12.4. The molecule has 0 heterocycles. The van der Waals surface area contributed by atoms with Crippen LogP contribution in [0.15, 0.2) is 40.9 Å². The lowest BCUT2D eigenvalue weighted by Gasteiger charge is -2.20. The van der Waals surface area contributed by atoms with Gasteiger partial charge >= 0.3 is 0 Å². The van der Waals surface area contributed by atoms with Gasteiger partial charge in [0.1, 0.15) is 17.2 Å². The molecule has 0 saturated heterocycles. The van der Waals surface area contributed by atoms with Crippen molar-refractivity contribution < 1.29 is 19.0 Å². The van der Waals surface area contributed by atoms with Crippen molar-refractivity contribution in [3.05, 3.63) is 52.0 Å². The molecule has 5 nitrogen and oxygen atoms in total. The SMILES string of the molecule is COc1ccc(OC)c([C@H](C)NC(=O)COc2ccc(C(C)(C)C)cc2Br)c1. The zero-order valence-electron chi connectivity index (χ0n) is 17.3. The molecule has 0 bridgehead atoms. The molecule has 2 aromatic carbocycles. The van der Waals surface area contributed by atoms with E-state index in [-0.39, 0.29) is 24.0 Å². The number of amides is 1. The van der Waals surface area contributed by atoms with Gasteiger partial charge in [0.25, 0.3) is 5.91 Å². The predicted octanol–water partition coefficient (Wildman–Crippen LogP) is 5.02. The average Bonchev–Trinajstić information content (AvgIpc) is 2.65. The number of hydrogen-bond donors (Lipinski definition) is 1. The number of hydrogen-bond acceptors (Lipinski definition) is 4. The Morgan fingerprint density at radius 1 is 1.07 bits per heavy atom. The zero-order chi connectivity index (χ0) is 20.9. The van der Waals surface area contributed by atoms with Crippen LogP contribution in [-0.4, -0.2) is 26.7 Å². The summed E-state index contributed by atoms with van der Waals surface area (Å²) in [4.78, 5) is 12.4. The number of carbonyl (C=O) groups excluding carboxylic acids is 1. The van der Waals surface area contributed by atoms with Crippen molar-refractivity contribution in [1.82, 2.24) is 5.32 Å². The lowest BCUT2D eigenvalue weighted by atomic mass is 9.87. The third kappa shape index (κ3) is 5.64. The number of rotatable bonds is 7. The van der Waals surface area contributed by atoms with Crippen molar-refractivity contribution in [3.8, 4) is 17.2 Å². The van der Waals surface area contributed by atoms with Crippen molar-refractivity contribution >= 4 is 21.8 Å². The number of benzene rings is 2. The van der Waals surface area contributed by atoms with Crippen LogP contribution in [0.3, 0.4) is 0 Å². The fourth-order valence-corrected chi connectivity index (χ4v) is 3.26. The summed E-state index contributed by atoms with van der Waals surface area (Å²) < 4.78 is 17.2. The second-order valence-electron chi connectivity index (χ2n) is 7.58. The largest absolute Gasteiger partial charge is 0.497 e. The highest BCUT2D eigenvalue weighted by molar-refractivity contribution is 9.10. The Hall–Kier alpha value is -2.21. The van der Waals surface area contributed by atoms with Gasteiger partial charge < -0.3 is 19.5 Å². The highest BCUT2D eigenvalue weighted by Gasteiger charge is 2.17. The minimum atomic E-state index is -0.257. The summed E-state index contributed by atoms with van der Waals surface area (Å²) in [6.45, 7) is 8.26. The summed E-state index contributed by atoms with van der Waals surface area (Å²) in [5, 5.41) is 2.93. The van der Waals surface area contributed by atoms with Gasteiger partial charge in [0.15, 0.2) is 6.61 Å². The van der Waals surface area contributed by atoms with E-state index in [4.69, 9.17) is 14.2 Å². The molecule has 0 unspecified atom stereocenters. The van der Waals surface area contributed by atoms with Crippen LogP contribution in [0.4, 0.5) is 0 Å². The number of nitrogens with one attached hydrogen (secondary N) is 1. The van der Waals surface area contributed by atoms with Gasteiger partial charge in [0, 0.05) is 5.56 Å². The van der Waals surface area contributed by atoms with E-state index in [9.17, 15) is 4.79 Å². The Morgan fingerprint density at radius 2 is 1.75 bits per heavy atom. The molecule has 1 amide bonds. The molecule has 2 rings (SSSR count). The fourth-order valence-electron chi connectivity index (χ4n) is 2.77. The molecule has 0 aliphatic heterocycles. The summed E-state index contributed by atoms with van der Waals surface area (Å²) in [6.07, 6.45) is 0. The van der Waals surface area contributed by atoms with E-state index < -0.39 is 0 Å². The maximum atomic E-state index is 12.4. The molecular formula is C22H28BrNO4. The van der Waals surface area contributed by atoms with E-state index in [1.165, 1.54) is 5.56 Å². The molecular weight excluding hydrogens is 422 g/mol. The Morgan fingerprint density at radius 3 is 2.32 bits per heavy atom. The van der Waals surface area contributed by atoms with E-state index >= 15 is 0 Å². The van der Waals surface area contributed by atoms with Crippen molar-refractivity contribution in [2.45, 2.75) is 39.2 Å². The van der Waals surface area contributed by atoms with Crippen molar-refractivity contribution in [2.75, 3.05) is 20.8 Å². The zero-order valence-corrected chi connectivity index (χ0v) is 18.8. The van der Waals surface area contributed by atoms with E-state index in [1.54, 1.807) is 14.2 Å². The summed E-state index contributed by atoms with van der Waals surface area (Å²) in [6, 6.07) is 11.2. The first kappa shape index (κ1) is 22.1. The average molecular weight is 450 g/mol. The molecule has 0 aromatic heterocycles. The Labute approximate surface area is 175 Å². The third-order valence-electron chi connectivity index (χ3n) is 4.44. The molecule has 28 heavy (non-hydrogen) atoms. The van der Waals surface area contributed by atoms with Gasteiger partial charge in [-0.2, -0.15) is 0 Å². The smallest absolute Gasteiger partial charge is 0.258 e. The maximum Gasteiger partial charge on any atom is 0.258 e. The van der Waals surface area contributed by atoms with Crippen LogP contribution in [0.5, 0.6) is 17.2 Å². The highest BCUT2D eigenvalue weighted by Crippen LogP contribution is 2.32. The standard InChI is InChI=1S/C22H28BrNO4/c1-14(17-12-16(26-5)8-10-19(17)27-6)24-21(25)13-28-20-9-7-15(11-18(20)23)22(2,3)4/h7-12,14H,13H2,1-6H3,(H,24,25)/t14-/m0/s1. The van der Waals surface area contributed by atoms with Crippen LogP contribution in [0, 0.1) is 0 Å². The van der Waals surface area contributed by atoms with Crippen LogP contribution < -0.4 is 19.5 Å². The molecule has 1 atom stereocenters. The topological polar surface area (TPSA) is 56.8 Å². The molecule has 0 spiro atoms. The van der Waals surface area contributed by atoms with Crippen molar-refractivity contribution in [1.29, 1.82) is 0 Å². The van der Waals surface area contributed by atoms with Gasteiger partial charge in [-0.15, -0.1) is 0 Å². The summed E-state index contributed by atoms with van der Waals surface area (Å²) >= 11 is 3.52. The van der Waals surface area contributed by atoms with E-state index in [1.807, 2.05) is 43.3 Å². The van der Waals surface area contributed by atoms with Gasteiger partial charge in [-0.25, -0.2) is 0 Å². The van der Waals surface area contributed by atoms with Gasteiger partial charge in [0.05, 0.1) is 24.7 Å². The second-order valence-corrected chi connectivity index (χ2v) is 8.44. The first-order valence-electron chi connectivity index (χ1n) is 9.09. The number of methoxy groups -OCH3 is 2. The number of halogens is 1. The summed E-state index contributed by atoms with van der Waals surface area (Å²) in [5.74, 6) is 1.81. The second kappa shape index (κ2) is 9.32. The van der Waals surface area contributed by atoms with Gasteiger partial charge in [0.2, 0.25) is 0 Å². The first-order chi connectivity index (χ1) is 13.2. The molecule has 152 valence electrons. The van der Waals surface area contributed by atoms with Crippen LogP contribution in [0.25, 0.3) is 0 Å². The minimum Gasteiger partial charge on any atom is -0.497 e. The lowest BCUT2D eigenvalue weighted by molar-refractivity contribution is -0.123. The Kier molecular flexibility index (Phi) is 7.35. The van der Waals surface area contributed by atoms with Crippen LogP contribution in [0.2, 0.25) is 0 Å². The highest BCUT2D eigenvalue weighted by atomic mass is 79.9. The van der Waals surface area contributed by atoms with Gasteiger partial charge in [-0.05, 0) is 64.2 Å². The molecule has 0 saturated carbocycles. The molecule has 2 aromatic rings. The quantitative estimate of drug-likeness (QED) is 0.644. The van der Waals surface area contributed by atoms with E-state index in [2.05, 4.69) is 42.0 Å². The predicted molar refractivity (Wildman–Crippen MR) is 114 cm³/mol. The number of ether oxygens (including phenoxy) is 3. The number of carbonyl (C=O) groups is 1. The normalized spacial score (nSPS) is 12.2. The van der Waals surface area contributed by atoms with Gasteiger partial charge in [-0.1, -0.05) is 26.8 Å². The molecule has 1 N–H and O–H groups in total. The van der Waals surface area contributed by atoms with Gasteiger partial charge in [-0.3, -0.25) is 4.79 Å². The molecule has 0 aliphatic carbocycles. The lowest BCUT2D eigenvalue weighted by Crippen LogP contribution is -2.31. The minimum absolute atomic E-state index is 0.0453.